The van der Waals surface area contributed by atoms with E-state index in [0.717, 1.165) is 28.9 Å². The fourth-order valence-electron chi connectivity index (χ4n) is 3.14. The molecule has 0 aliphatic carbocycles. The predicted octanol–water partition coefficient (Wildman–Crippen LogP) is 4.13. The molecule has 1 aromatic heterocycles. The number of carbonyl (C=O) groups is 2. The quantitative estimate of drug-likeness (QED) is 0.713. The SMILES string of the molecule is CCCn1c(NC(=O)c2ccc3c(c2)NC(=O)C(C)S3)nc2ccccc21. The molecule has 0 bridgehead atoms. The van der Waals surface area contributed by atoms with E-state index in [4.69, 9.17) is 0 Å². The molecule has 6 nitrogen and oxygen atoms in total. The standard InChI is InChI=1S/C20H20N4O2S/c1-3-10-24-16-7-5-4-6-14(16)22-20(24)23-19(26)13-8-9-17-15(11-13)21-18(25)12(2)27-17/h4-9,11-12H,3,10H2,1-2H3,(H,21,25)(H,22,23,26). The summed E-state index contributed by atoms with van der Waals surface area (Å²) in [7, 11) is 0. The Bertz CT molecular complexity index is 1040. The fourth-order valence-corrected chi connectivity index (χ4v) is 4.08. The van der Waals surface area contributed by atoms with E-state index in [-0.39, 0.29) is 17.1 Å². The first-order valence-electron chi connectivity index (χ1n) is 8.95. The van der Waals surface area contributed by atoms with Crippen molar-refractivity contribution in [3.63, 3.8) is 0 Å². The van der Waals surface area contributed by atoms with Crippen LogP contribution in [0.15, 0.2) is 47.4 Å². The lowest BCUT2D eigenvalue weighted by molar-refractivity contribution is -0.115. The second kappa shape index (κ2) is 7.08. The lowest BCUT2D eigenvalue weighted by Crippen LogP contribution is -2.26. The zero-order valence-corrected chi connectivity index (χ0v) is 16.0. The molecule has 1 atom stereocenters. The van der Waals surface area contributed by atoms with Crippen molar-refractivity contribution in [1.82, 2.24) is 9.55 Å². The smallest absolute Gasteiger partial charge is 0.258 e. The van der Waals surface area contributed by atoms with E-state index in [9.17, 15) is 9.59 Å². The third kappa shape index (κ3) is 3.30. The monoisotopic (exact) mass is 380 g/mol. The third-order valence-corrected chi connectivity index (χ3v) is 5.68. The minimum Gasteiger partial charge on any atom is -0.324 e. The highest BCUT2D eigenvalue weighted by Crippen LogP contribution is 2.36. The largest absolute Gasteiger partial charge is 0.324 e. The van der Waals surface area contributed by atoms with Gasteiger partial charge >= 0.3 is 0 Å². The summed E-state index contributed by atoms with van der Waals surface area (Å²) in [6.45, 7) is 4.72. The van der Waals surface area contributed by atoms with Crippen molar-refractivity contribution in [2.45, 2.75) is 37.0 Å². The van der Waals surface area contributed by atoms with Crippen molar-refractivity contribution in [3.05, 3.63) is 48.0 Å². The van der Waals surface area contributed by atoms with Crippen LogP contribution < -0.4 is 10.6 Å². The van der Waals surface area contributed by atoms with Gasteiger partial charge in [-0.25, -0.2) is 4.98 Å². The number of aromatic nitrogens is 2. The minimum absolute atomic E-state index is 0.0465. The highest BCUT2D eigenvalue weighted by Gasteiger charge is 2.24. The summed E-state index contributed by atoms with van der Waals surface area (Å²) in [5.74, 6) is 0.242. The molecule has 0 saturated carbocycles. The van der Waals surface area contributed by atoms with E-state index in [1.54, 1.807) is 12.1 Å². The second-order valence-electron chi connectivity index (χ2n) is 6.49. The molecule has 2 N–H and O–H groups in total. The Hall–Kier alpha value is -2.80. The van der Waals surface area contributed by atoms with Crippen LogP contribution in [0.1, 0.15) is 30.6 Å². The molecule has 0 radical (unpaired) electrons. The van der Waals surface area contributed by atoms with E-state index in [1.807, 2.05) is 41.8 Å². The number of para-hydroxylation sites is 2. The first kappa shape index (κ1) is 17.6. The van der Waals surface area contributed by atoms with Gasteiger partial charge in [0, 0.05) is 17.0 Å². The summed E-state index contributed by atoms with van der Waals surface area (Å²) in [6.07, 6.45) is 0.934. The summed E-state index contributed by atoms with van der Waals surface area (Å²) in [5, 5.41) is 5.65. The molecular weight excluding hydrogens is 360 g/mol. The number of carbonyl (C=O) groups excluding carboxylic acids is 2. The molecule has 27 heavy (non-hydrogen) atoms. The van der Waals surface area contributed by atoms with E-state index in [1.165, 1.54) is 11.8 Å². The number of amides is 2. The molecule has 0 saturated heterocycles. The second-order valence-corrected chi connectivity index (χ2v) is 7.87. The summed E-state index contributed by atoms with van der Waals surface area (Å²) in [5.41, 5.74) is 3.01. The summed E-state index contributed by atoms with van der Waals surface area (Å²) in [4.78, 5) is 30.2. The maximum atomic E-state index is 12.8. The topological polar surface area (TPSA) is 76.0 Å². The van der Waals surface area contributed by atoms with E-state index >= 15 is 0 Å². The summed E-state index contributed by atoms with van der Waals surface area (Å²) >= 11 is 1.50. The zero-order chi connectivity index (χ0) is 19.0. The van der Waals surface area contributed by atoms with Crippen LogP contribution >= 0.6 is 11.8 Å². The summed E-state index contributed by atoms with van der Waals surface area (Å²) in [6, 6.07) is 13.2. The number of aryl methyl sites for hydroxylation is 1. The van der Waals surface area contributed by atoms with Gasteiger partial charge in [-0.2, -0.15) is 0 Å². The number of hydrogen-bond donors (Lipinski definition) is 2. The van der Waals surface area contributed by atoms with Crippen LogP contribution in [0, 0.1) is 0 Å². The normalized spacial score (nSPS) is 16.1. The molecule has 2 amide bonds. The Kier molecular flexibility index (Phi) is 4.61. The number of nitrogens with one attached hydrogen (secondary N) is 2. The molecule has 4 rings (SSSR count). The van der Waals surface area contributed by atoms with Gasteiger partial charge in [-0.05, 0) is 43.7 Å². The van der Waals surface area contributed by atoms with Gasteiger partial charge in [-0.1, -0.05) is 19.1 Å². The van der Waals surface area contributed by atoms with Crippen molar-refractivity contribution in [1.29, 1.82) is 0 Å². The summed E-state index contributed by atoms with van der Waals surface area (Å²) < 4.78 is 2.02. The lowest BCUT2D eigenvalue weighted by Gasteiger charge is -2.21. The first-order chi connectivity index (χ1) is 13.1. The molecule has 7 heteroatoms. The van der Waals surface area contributed by atoms with Crippen molar-refractivity contribution in [2.75, 3.05) is 10.6 Å². The molecule has 3 aromatic rings. The Morgan fingerprint density at radius 1 is 1.30 bits per heavy atom. The molecule has 2 aromatic carbocycles. The molecule has 0 spiro atoms. The number of nitrogens with zero attached hydrogens (tertiary/aromatic N) is 2. The van der Waals surface area contributed by atoms with Crippen LogP contribution in [0.2, 0.25) is 0 Å². The predicted molar refractivity (Wildman–Crippen MR) is 108 cm³/mol. The van der Waals surface area contributed by atoms with Gasteiger partial charge in [-0.15, -0.1) is 11.8 Å². The lowest BCUT2D eigenvalue weighted by atomic mass is 10.2. The van der Waals surface area contributed by atoms with Crippen molar-refractivity contribution in [3.8, 4) is 0 Å². The number of benzene rings is 2. The average Bonchev–Trinajstić information content (AvgIpc) is 3.00. The first-order valence-corrected chi connectivity index (χ1v) is 9.83. The van der Waals surface area contributed by atoms with E-state index in [2.05, 4.69) is 22.5 Å². The van der Waals surface area contributed by atoms with Crippen LogP contribution in [0.25, 0.3) is 11.0 Å². The molecular formula is C20H20N4O2S. The number of fused-ring (bicyclic) bond motifs is 2. The Morgan fingerprint density at radius 3 is 2.93 bits per heavy atom. The van der Waals surface area contributed by atoms with Crippen molar-refractivity contribution in [2.24, 2.45) is 0 Å². The van der Waals surface area contributed by atoms with Gasteiger partial charge in [0.1, 0.15) is 0 Å². The molecule has 0 fully saturated rings. The van der Waals surface area contributed by atoms with Gasteiger partial charge in [0.2, 0.25) is 11.9 Å². The van der Waals surface area contributed by atoms with Crippen molar-refractivity contribution < 1.29 is 9.59 Å². The van der Waals surface area contributed by atoms with Gasteiger partial charge in [-0.3, -0.25) is 14.9 Å². The van der Waals surface area contributed by atoms with Crippen LogP contribution in [0.3, 0.4) is 0 Å². The average molecular weight is 380 g/mol. The number of hydrogen-bond acceptors (Lipinski definition) is 4. The molecule has 1 aliphatic heterocycles. The number of imidazole rings is 1. The Morgan fingerprint density at radius 2 is 2.11 bits per heavy atom. The number of thioether (sulfide) groups is 1. The molecule has 1 aliphatic rings. The van der Waals surface area contributed by atoms with Gasteiger partial charge in [0.05, 0.1) is 22.0 Å². The van der Waals surface area contributed by atoms with Crippen molar-refractivity contribution >= 4 is 46.2 Å². The number of rotatable bonds is 4. The van der Waals surface area contributed by atoms with Crippen LogP contribution in [-0.4, -0.2) is 26.6 Å². The number of anilines is 2. The van der Waals surface area contributed by atoms with Crippen LogP contribution in [-0.2, 0) is 11.3 Å². The maximum Gasteiger partial charge on any atom is 0.258 e. The van der Waals surface area contributed by atoms with Crippen LogP contribution in [0.5, 0.6) is 0 Å². The zero-order valence-electron chi connectivity index (χ0n) is 15.2. The van der Waals surface area contributed by atoms with Gasteiger partial charge < -0.3 is 9.88 Å². The Balaban J connectivity index is 1.63. The Labute approximate surface area is 161 Å². The van der Waals surface area contributed by atoms with Gasteiger partial charge in [0.15, 0.2) is 0 Å². The fraction of sp³-hybridized carbons (Fsp3) is 0.250. The highest BCUT2D eigenvalue weighted by atomic mass is 32.2. The molecule has 1 unspecified atom stereocenters. The van der Waals surface area contributed by atoms with Gasteiger partial charge in [0.25, 0.3) is 5.91 Å². The van der Waals surface area contributed by atoms with E-state index < -0.39 is 0 Å². The molecule has 2 heterocycles. The minimum atomic E-state index is -0.247. The molecule has 138 valence electrons. The van der Waals surface area contributed by atoms with Crippen LogP contribution in [0.4, 0.5) is 11.6 Å². The third-order valence-electron chi connectivity index (χ3n) is 4.50. The highest BCUT2D eigenvalue weighted by molar-refractivity contribution is 8.00. The maximum absolute atomic E-state index is 12.8. The van der Waals surface area contributed by atoms with E-state index in [0.29, 0.717) is 17.2 Å².